The van der Waals surface area contributed by atoms with Crippen LogP contribution in [0.3, 0.4) is 0 Å². The van der Waals surface area contributed by atoms with Crippen molar-refractivity contribution in [3.8, 4) is 0 Å². The van der Waals surface area contributed by atoms with Gasteiger partial charge in [0.15, 0.2) is 10.8 Å². The fraction of sp³-hybridized carbons (Fsp3) is 0.286. The van der Waals surface area contributed by atoms with Crippen molar-refractivity contribution in [3.05, 3.63) is 46.0 Å². The van der Waals surface area contributed by atoms with Crippen LogP contribution in [0.15, 0.2) is 24.3 Å². The van der Waals surface area contributed by atoms with Gasteiger partial charge in [-0.2, -0.15) is 0 Å². The molecule has 2 aromatic rings. The van der Waals surface area contributed by atoms with E-state index >= 15 is 0 Å². The van der Waals surface area contributed by atoms with Crippen molar-refractivity contribution >= 4 is 22.4 Å². The molecule has 0 saturated carbocycles. The summed E-state index contributed by atoms with van der Waals surface area (Å²) in [5, 5.41) is 12.8. The van der Waals surface area contributed by atoms with Crippen molar-refractivity contribution in [1.29, 1.82) is 0 Å². The zero-order chi connectivity index (χ0) is 13.8. The van der Waals surface area contributed by atoms with E-state index in [0.29, 0.717) is 11.7 Å². The zero-order valence-corrected chi connectivity index (χ0v) is 11.8. The summed E-state index contributed by atoms with van der Waals surface area (Å²) >= 11 is 1.37. The molecule has 0 aliphatic heterocycles. The summed E-state index contributed by atoms with van der Waals surface area (Å²) in [5.74, 6) is -0.976. The standard InChI is InChI=1S/C14H16N2O2S/c1-3-10-6-4-5-7-11(10)8-15-14-16-12(13(17)18)9(2)19-14/h4-7H,3,8H2,1-2H3,(H,15,16)(H,17,18). The quantitative estimate of drug-likeness (QED) is 0.879. The van der Waals surface area contributed by atoms with E-state index in [1.807, 2.05) is 12.1 Å². The summed E-state index contributed by atoms with van der Waals surface area (Å²) in [7, 11) is 0. The molecule has 1 aromatic carbocycles. The topological polar surface area (TPSA) is 62.2 Å². The van der Waals surface area contributed by atoms with E-state index in [1.165, 1.54) is 22.5 Å². The van der Waals surface area contributed by atoms with Gasteiger partial charge in [0, 0.05) is 11.4 Å². The predicted octanol–water partition coefficient (Wildman–Crippen LogP) is 3.32. The Kier molecular flexibility index (Phi) is 4.16. The van der Waals surface area contributed by atoms with Crippen LogP contribution < -0.4 is 5.32 Å². The van der Waals surface area contributed by atoms with Crippen LogP contribution in [0, 0.1) is 6.92 Å². The Balaban J connectivity index is 2.10. The van der Waals surface area contributed by atoms with Gasteiger partial charge >= 0.3 is 5.97 Å². The van der Waals surface area contributed by atoms with E-state index in [-0.39, 0.29) is 5.69 Å². The van der Waals surface area contributed by atoms with Crippen LogP contribution in [0.25, 0.3) is 0 Å². The normalized spacial score (nSPS) is 10.4. The number of benzene rings is 1. The van der Waals surface area contributed by atoms with Crippen molar-refractivity contribution in [3.63, 3.8) is 0 Å². The smallest absolute Gasteiger partial charge is 0.355 e. The van der Waals surface area contributed by atoms with Crippen LogP contribution in [-0.4, -0.2) is 16.1 Å². The summed E-state index contributed by atoms with van der Waals surface area (Å²) in [6.07, 6.45) is 0.981. The molecule has 4 nitrogen and oxygen atoms in total. The Hall–Kier alpha value is -1.88. The average Bonchev–Trinajstić information content (AvgIpc) is 2.78. The fourth-order valence-corrected chi connectivity index (χ4v) is 2.72. The van der Waals surface area contributed by atoms with Gasteiger partial charge in [-0.3, -0.25) is 0 Å². The largest absolute Gasteiger partial charge is 0.476 e. The number of rotatable bonds is 5. The molecule has 0 fully saturated rings. The van der Waals surface area contributed by atoms with Gasteiger partial charge in [0.1, 0.15) is 0 Å². The number of aromatic nitrogens is 1. The Morgan fingerprint density at radius 2 is 2.05 bits per heavy atom. The summed E-state index contributed by atoms with van der Waals surface area (Å²) in [5.41, 5.74) is 2.65. The molecule has 0 aliphatic carbocycles. The molecular weight excluding hydrogens is 260 g/mol. The van der Waals surface area contributed by atoms with E-state index < -0.39 is 5.97 Å². The Labute approximate surface area is 116 Å². The maximum atomic E-state index is 10.9. The highest BCUT2D eigenvalue weighted by Gasteiger charge is 2.13. The number of carboxylic acids is 1. The van der Waals surface area contributed by atoms with Crippen LogP contribution in [0.4, 0.5) is 5.13 Å². The first-order valence-electron chi connectivity index (χ1n) is 6.13. The Morgan fingerprint density at radius 3 is 2.63 bits per heavy atom. The van der Waals surface area contributed by atoms with E-state index in [2.05, 4.69) is 29.4 Å². The van der Waals surface area contributed by atoms with Gasteiger partial charge in [0.05, 0.1) is 0 Å². The molecule has 100 valence electrons. The number of thiazole rings is 1. The number of aromatic carboxylic acids is 1. The monoisotopic (exact) mass is 276 g/mol. The van der Waals surface area contributed by atoms with Gasteiger partial charge in [-0.05, 0) is 24.5 Å². The van der Waals surface area contributed by atoms with E-state index in [0.717, 1.165) is 11.3 Å². The number of aryl methyl sites for hydroxylation is 2. The molecule has 2 N–H and O–H groups in total. The lowest BCUT2D eigenvalue weighted by Crippen LogP contribution is -2.03. The second-order valence-corrected chi connectivity index (χ2v) is 5.41. The van der Waals surface area contributed by atoms with Gasteiger partial charge in [0.2, 0.25) is 0 Å². The third-order valence-corrected chi connectivity index (χ3v) is 3.86. The SMILES string of the molecule is CCc1ccccc1CNc1nc(C(=O)O)c(C)s1. The third kappa shape index (κ3) is 3.12. The molecule has 0 radical (unpaired) electrons. The minimum absolute atomic E-state index is 0.135. The number of hydrogen-bond acceptors (Lipinski definition) is 4. The first-order valence-corrected chi connectivity index (χ1v) is 6.94. The summed E-state index contributed by atoms with van der Waals surface area (Å²) in [6.45, 7) is 4.55. The molecule has 0 bridgehead atoms. The molecule has 2 rings (SSSR count). The molecule has 0 amide bonds. The molecule has 0 atom stereocenters. The summed E-state index contributed by atoms with van der Waals surface area (Å²) < 4.78 is 0. The molecule has 0 saturated heterocycles. The number of nitrogens with zero attached hydrogens (tertiary/aromatic N) is 1. The fourth-order valence-electron chi connectivity index (χ4n) is 1.92. The van der Waals surface area contributed by atoms with Gasteiger partial charge in [-0.1, -0.05) is 31.2 Å². The first-order chi connectivity index (χ1) is 9.11. The van der Waals surface area contributed by atoms with Crippen molar-refractivity contribution in [2.75, 3.05) is 5.32 Å². The lowest BCUT2D eigenvalue weighted by atomic mass is 10.1. The highest BCUT2D eigenvalue weighted by Crippen LogP contribution is 2.23. The number of anilines is 1. The van der Waals surface area contributed by atoms with Gasteiger partial charge in [0.25, 0.3) is 0 Å². The number of carboxylic acid groups (broad SMARTS) is 1. The molecule has 0 aliphatic rings. The number of nitrogens with one attached hydrogen (secondary N) is 1. The highest BCUT2D eigenvalue weighted by molar-refractivity contribution is 7.15. The first kappa shape index (κ1) is 13.5. The zero-order valence-electron chi connectivity index (χ0n) is 10.9. The lowest BCUT2D eigenvalue weighted by Gasteiger charge is -2.07. The molecule has 5 heteroatoms. The Morgan fingerprint density at radius 1 is 1.37 bits per heavy atom. The molecular formula is C14H16N2O2S. The Bertz CT molecular complexity index is 593. The van der Waals surface area contributed by atoms with Crippen LogP contribution in [0.1, 0.15) is 33.4 Å². The number of hydrogen-bond donors (Lipinski definition) is 2. The van der Waals surface area contributed by atoms with Crippen molar-refractivity contribution in [2.24, 2.45) is 0 Å². The van der Waals surface area contributed by atoms with Crippen LogP contribution in [0.2, 0.25) is 0 Å². The summed E-state index contributed by atoms with van der Waals surface area (Å²) in [4.78, 5) is 15.7. The molecule has 0 unspecified atom stereocenters. The lowest BCUT2D eigenvalue weighted by molar-refractivity contribution is 0.0690. The van der Waals surface area contributed by atoms with E-state index in [1.54, 1.807) is 6.92 Å². The second-order valence-electron chi connectivity index (χ2n) is 4.20. The third-order valence-electron chi connectivity index (χ3n) is 2.93. The van der Waals surface area contributed by atoms with E-state index in [9.17, 15) is 4.79 Å². The van der Waals surface area contributed by atoms with Crippen LogP contribution in [0.5, 0.6) is 0 Å². The van der Waals surface area contributed by atoms with E-state index in [4.69, 9.17) is 5.11 Å². The average molecular weight is 276 g/mol. The predicted molar refractivity (Wildman–Crippen MR) is 77.0 cm³/mol. The van der Waals surface area contributed by atoms with Gasteiger partial charge < -0.3 is 10.4 Å². The van der Waals surface area contributed by atoms with Gasteiger partial charge in [-0.15, -0.1) is 11.3 Å². The minimum Gasteiger partial charge on any atom is -0.476 e. The van der Waals surface area contributed by atoms with Crippen LogP contribution >= 0.6 is 11.3 Å². The molecule has 0 spiro atoms. The molecule has 1 heterocycles. The van der Waals surface area contributed by atoms with Crippen molar-refractivity contribution in [1.82, 2.24) is 4.98 Å². The van der Waals surface area contributed by atoms with Crippen LogP contribution in [-0.2, 0) is 13.0 Å². The van der Waals surface area contributed by atoms with Crippen molar-refractivity contribution < 1.29 is 9.90 Å². The minimum atomic E-state index is -0.976. The molecule has 19 heavy (non-hydrogen) atoms. The number of carbonyl (C=O) groups is 1. The summed E-state index contributed by atoms with van der Waals surface area (Å²) in [6, 6.07) is 8.21. The van der Waals surface area contributed by atoms with Gasteiger partial charge in [-0.25, -0.2) is 9.78 Å². The maximum Gasteiger partial charge on any atom is 0.355 e. The maximum absolute atomic E-state index is 10.9. The molecule has 1 aromatic heterocycles. The highest BCUT2D eigenvalue weighted by atomic mass is 32.1. The second kappa shape index (κ2) is 5.84. The van der Waals surface area contributed by atoms with Crippen molar-refractivity contribution in [2.45, 2.75) is 26.8 Å².